The second-order valence-corrected chi connectivity index (χ2v) is 7.16. The minimum Gasteiger partial charge on any atom is -0.505 e. The van der Waals surface area contributed by atoms with Gasteiger partial charge in [-0.25, -0.2) is 0 Å². The molecule has 2 atom stereocenters. The van der Waals surface area contributed by atoms with Crippen LogP contribution >= 0.6 is 0 Å². The van der Waals surface area contributed by atoms with Crippen LogP contribution < -0.4 is 21.5 Å². The van der Waals surface area contributed by atoms with Gasteiger partial charge in [0.15, 0.2) is 0 Å². The lowest BCUT2D eigenvalue weighted by Gasteiger charge is -2.22. The third kappa shape index (κ3) is 4.67. The highest BCUT2D eigenvalue weighted by Gasteiger charge is 2.24. The Kier molecular flexibility index (Phi) is 6.98. The zero-order chi connectivity index (χ0) is 20.1. The summed E-state index contributed by atoms with van der Waals surface area (Å²) >= 11 is 0. The second kappa shape index (κ2) is 9.01. The van der Waals surface area contributed by atoms with E-state index < -0.39 is 17.1 Å². The molecule has 4 N–H and O–H groups in total. The third-order valence-corrected chi connectivity index (χ3v) is 4.64. The molecule has 2 aromatic carbocycles. The minimum absolute atomic E-state index is 0.0656. The number of anilines is 3. The maximum atomic E-state index is 12.0. The second-order valence-electron chi connectivity index (χ2n) is 7.16. The number of aliphatic hydroxyl groups excluding tert-OH is 1. The number of phenols is 1. The summed E-state index contributed by atoms with van der Waals surface area (Å²) in [5.41, 5.74) is -0.190. The first-order valence-corrected chi connectivity index (χ1v) is 9.31. The first-order chi connectivity index (χ1) is 12.8. The number of aromatic hydroxyl groups is 1. The van der Waals surface area contributed by atoms with Crippen molar-refractivity contribution in [1.82, 2.24) is 4.90 Å². The van der Waals surface area contributed by atoms with Gasteiger partial charge in [-0.2, -0.15) is 0 Å². The molecule has 2 unspecified atom stereocenters. The van der Waals surface area contributed by atoms with Crippen molar-refractivity contribution in [2.24, 2.45) is 0 Å². The first-order valence-electron chi connectivity index (χ1n) is 9.31. The monoisotopic (exact) mass is 375 g/mol. The van der Waals surface area contributed by atoms with Crippen molar-refractivity contribution >= 4 is 17.1 Å². The van der Waals surface area contributed by atoms with Crippen LogP contribution in [0.2, 0.25) is 0 Å². The van der Waals surface area contributed by atoms with E-state index in [1.807, 2.05) is 6.92 Å². The van der Waals surface area contributed by atoms with Gasteiger partial charge in [0.25, 0.3) is 10.9 Å². The van der Waals surface area contributed by atoms with Gasteiger partial charge >= 0.3 is 0 Å². The van der Waals surface area contributed by atoms with Crippen molar-refractivity contribution in [2.75, 3.05) is 24.7 Å². The quantitative estimate of drug-likeness (QED) is 0.219. The van der Waals surface area contributed by atoms with E-state index >= 15 is 0 Å². The Hall–Kier alpha value is -2.38. The molecule has 7 nitrogen and oxygen atoms in total. The molecule has 0 aromatic heterocycles. The van der Waals surface area contributed by atoms with E-state index in [-0.39, 0.29) is 28.9 Å². The number of hydrogen-bond donors (Lipinski definition) is 4. The summed E-state index contributed by atoms with van der Waals surface area (Å²) in [7, 11) is 3.37. The minimum atomic E-state index is -0.990. The Morgan fingerprint density at radius 2 is 1.78 bits per heavy atom. The van der Waals surface area contributed by atoms with Crippen LogP contribution in [-0.2, 0) is 0 Å². The van der Waals surface area contributed by atoms with Gasteiger partial charge in [0.2, 0.25) is 0 Å². The zero-order valence-electron chi connectivity index (χ0n) is 16.4. The van der Waals surface area contributed by atoms with Crippen LogP contribution in [0.25, 0.3) is 0 Å². The standard InChI is InChI=1S/C20H29N3O4/c1-5-6-7-9-12(2)21-15-16(19(26)18(15)25)22-14-11-8-10-13(17(14)24)20(27)23(3)4/h8,10-12,20-22,24,27H,5-7,9H2,1-4H3. The van der Waals surface area contributed by atoms with Gasteiger partial charge in [-0.05, 0) is 33.5 Å². The predicted molar refractivity (Wildman–Crippen MR) is 109 cm³/mol. The molecule has 0 saturated carbocycles. The maximum absolute atomic E-state index is 12.0. The summed E-state index contributed by atoms with van der Waals surface area (Å²) < 4.78 is 0. The maximum Gasteiger partial charge on any atom is 0.253 e. The summed E-state index contributed by atoms with van der Waals surface area (Å²) in [6.45, 7) is 4.10. The number of benzene rings is 1. The number of unbranched alkanes of at least 4 members (excludes halogenated alkanes) is 2. The van der Waals surface area contributed by atoms with Gasteiger partial charge in [0.1, 0.15) is 23.4 Å². The van der Waals surface area contributed by atoms with E-state index in [1.165, 1.54) is 0 Å². The smallest absolute Gasteiger partial charge is 0.253 e. The lowest BCUT2D eigenvalue weighted by Crippen LogP contribution is -2.38. The number of phenolic OH excluding ortho intramolecular Hbond substituents is 1. The van der Waals surface area contributed by atoms with Crippen LogP contribution in [0.3, 0.4) is 0 Å². The number of nitrogens with zero attached hydrogens (tertiary/aromatic N) is 1. The molecular weight excluding hydrogens is 346 g/mol. The Morgan fingerprint density at radius 1 is 1.11 bits per heavy atom. The zero-order valence-corrected chi connectivity index (χ0v) is 16.4. The number of hydrogen-bond acceptors (Lipinski definition) is 7. The van der Waals surface area contributed by atoms with E-state index in [1.54, 1.807) is 37.2 Å². The van der Waals surface area contributed by atoms with Crippen molar-refractivity contribution in [1.29, 1.82) is 0 Å². The molecule has 0 aliphatic carbocycles. The Morgan fingerprint density at radius 3 is 2.41 bits per heavy atom. The van der Waals surface area contributed by atoms with Crippen LogP contribution in [-0.4, -0.2) is 35.3 Å². The molecule has 2 aromatic rings. The fourth-order valence-electron chi connectivity index (χ4n) is 2.95. The summed E-state index contributed by atoms with van der Waals surface area (Å²) in [5, 5.41) is 26.6. The van der Waals surface area contributed by atoms with E-state index in [0.29, 0.717) is 5.56 Å². The average molecular weight is 375 g/mol. The third-order valence-electron chi connectivity index (χ3n) is 4.64. The molecule has 0 spiro atoms. The molecule has 148 valence electrons. The van der Waals surface area contributed by atoms with Gasteiger partial charge in [0.05, 0.1) is 5.69 Å². The first kappa shape index (κ1) is 20.9. The van der Waals surface area contributed by atoms with E-state index in [2.05, 4.69) is 17.6 Å². The summed E-state index contributed by atoms with van der Waals surface area (Å²) in [4.78, 5) is 25.5. The molecule has 0 fully saturated rings. The molecule has 7 heteroatoms. The SMILES string of the molecule is CCCCCC(C)Nc1c(Nc2cccc(C(O)N(C)C)c2O)c(=O)c1=O. The van der Waals surface area contributed by atoms with Crippen LogP contribution in [0.15, 0.2) is 27.8 Å². The van der Waals surface area contributed by atoms with E-state index in [4.69, 9.17) is 0 Å². The van der Waals surface area contributed by atoms with E-state index in [9.17, 15) is 19.8 Å². The molecule has 0 radical (unpaired) electrons. The number of rotatable bonds is 10. The summed E-state index contributed by atoms with van der Waals surface area (Å²) in [6, 6.07) is 4.92. The fraction of sp³-hybridized carbons (Fsp3) is 0.500. The predicted octanol–water partition coefficient (Wildman–Crippen LogP) is 2.67. The molecule has 0 aliphatic rings. The van der Waals surface area contributed by atoms with Gasteiger partial charge in [-0.3, -0.25) is 14.5 Å². The number of para-hydroxylation sites is 1. The normalized spacial score (nSPS) is 13.7. The Labute approximate surface area is 159 Å². The largest absolute Gasteiger partial charge is 0.505 e. The Balaban J connectivity index is 2.20. The van der Waals surface area contributed by atoms with Gasteiger partial charge in [-0.15, -0.1) is 0 Å². The molecule has 2 rings (SSSR count). The molecule has 0 bridgehead atoms. The lowest BCUT2D eigenvalue weighted by molar-refractivity contribution is 0.0376. The van der Waals surface area contributed by atoms with Crippen molar-refractivity contribution in [3.63, 3.8) is 0 Å². The van der Waals surface area contributed by atoms with Crippen molar-refractivity contribution in [2.45, 2.75) is 51.8 Å². The van der Waals surface area contributed by atoms with Crippen LogP contribution in [0, 0.1) is 0 Å². The van der Waals surface area contributed by atoms with Crippen LogP contribution in [0.1, 0.15) is 51.3 Å². The van der Waals surface area contributed by atoms with Gasteiger partial charge in [-0.1, -0.05) is 38.3 Å². The highest BCUT2D eigenvalue weighted by Crippen LogP contribution is 2.35. The Bertz CT molecular complexity index is 840. The molecule has 0 saturated heterocycles. The number of aliphatic hydroxyl groups is 1. The van der Waals surface area contributed by atoms with Gasteiger partial charge in [0, 0.05) is 11.6 Å². The molecule has 0 heterocycles. The van der Waals surface area contributed by atoms with Gasteiger partial charge < -0.3 is 20.8 Å². The topological polar surface area (TPSA) is 102 Å². The van der Waals surface area contributed by atoms with Crippen molar-refractivity contribution < 1.29 is 10.2 Å². The van der Waals surface area contributed by atoms with Crippen LogP contribution in [0.5, 0.6) is 5.75 Å². The molecule has 0 amide bonds. The average Bonchev–Trinajstić information content (AvgIpc) is 2.65. The molecule has 0 aliphatic heterocycles. The molecular formula is C20H29N3O4. The van der Waals surface area contributed by atoms with Crippen LogP contribution in [0.4, 0.5) is 17.1 Å². The van der Waals surface area contributed by atoms with Crippen molar-refractivity contribution in [3.8, 4) is 5.75 Å². The number of nitrogens with one attached hydrogen (secondary N) is 2. The highest BCUT2D eigenvalue weighted by atomic mass is 16.3. The lowest BCUT2D eigenvalue weighted by atomic mass is 10.1. The van der Waals surface area contributed by atoms with E-state index in [0.717, 1.165) is 25.7 Å². The summed E-state index contributed by atoms with van der Waals surface area (Å²) in [6.07, 6.45) is 3.21. The molecule has 27 heavy (non-hydrogen) atoms. The highest BCUT2D eigenvalue weighted by molar-refractivity contribution is 5.81. The summed E-state index contributed by atoms with van der Waals surface area (Å²) in [5.74, 6) is -0.159. The fourth-order valence-corrected chi connectivity index (χ4v) is 2.95. The van der Waals surface area contributed by atoms with Crippen molar-refractivity contribution in [3.05, 3.63) is 44.2 Å².